The van der Waals surface area contributed by atoms with Crippen LogP contribution >= 0.6 is 11.8 Å². The molecule has 0 radical (unpaired) electrons. The maximum Gasteiger partial charge on any atom is 0.272 e. The molecule has 2 aromatic carbocycles. The highest BCUT2D eigenvalue weighted by molar-refractivity contribution is 7.99. The van der Waals surface area contributed by atoms with Crippen LogP contribution in [-0.2, 0) is 0 Å². The van der Waals surface area contributed by atoms with Gasteiger partial charge in [0.15, 0.2) is 0 Å². The van der Waals surface area contributed by atoms with Crippen LogP contribution in [-0.4, -0.2) is 40.4 Å². The number of benzene rings is 2. The van der Waals surface area contributed by atoms with E-state index < -0.39 is 0 Å². The quantitative estimate of drug-likeness (QED) is 0.713. The first-order chi connectivity index (χ1) is 13.1. The molecular formula is C22H23N3OS. The highest BCUT2D eigenvalue weighted by atomic mass is 32.2. The molecule has 5 heteroatoms. The Labute approximate surface area is 164 Å². The van der Waals surface area contributed by atoms with Crippen LogP contribution in [0.2, 0.25) is 0 Å². The van der Waals surface area contributed by atoms with Gasteiger partial charge >= 0.3 is 0 Å². The van der Waals surface area contributed by atoms with Crippen molar-refractivity contribution in [2.45, 2.75) is 13.8 Å². The number of thioether (sulfide) groups is 1. The van der Waals surface area contributed by atoms with E-state index in [1.54, 1.807) is 0 Å². The zero-order valence-electron chi connectivity index (χ0n) is 15.7. The van der Waals surface area contributed by atoms with Crippen LogP contribution in [0.5, 0.6) is 0 Å². The summed E-state index contributed by atoms with van der Waals surface area (Å²) in [7, 11) is 0. The zero-order valence-corrected chi connectivity index (χ0v) is 16.5. The minimum Gasteiger partial charge on any atom is -0.355 e. The predicted molar refractivity (Wildman–Crippen MR) is 114 cm³/mol. The normalized spacial score (nSPS) is 14.4. The Hall–Kier alpha value is -2.53. The van der Waals surface area contributed by atoms with Gasteiger partial charge in [-0.05, 0) is 49.2 Å². The molecule has 4 rings (SSSR count). The lowest BCUT2D eigenvalue weighted by molar-refractivity contribution is 0.0767. The fourth-order valence-corrected chi connectivity index (χ4v) is 4.19. The van der Waals surface area contributed by atoms with E-state index in [2.05, 4.69) is 42.3 Å². The summed E-state index contributed by atoms with van der Waals surface area (Å²) in [6.07, 6.45) is 0. The highest BCUT2D eigenvalue weighted by Crippen LogP contribution is 2.28. The fraction of sp³-hybridized carbons (Fsp3) is 0.273. The average Bonchev–Trinajstić information content (AvgIpc) is 2.71. The van der Waals surface area contributed by atoms with Crippen LogP contribution in [0, 0.1) is 13.8 Å². The molecule has 2 heterocycles. The van der Waals surface area contributed by atoms with Crippen molar-refractivity contribution in [3.8, 4) is 0 Å². The standard InChI is InChI=1S/C22H23N3OS/c1-15-7-8-17(13-16(15)2)23-20-14-21(22(26)25-9-11-27-12-10-25)24-19-6-4-3-5-18(19)20/h3-8,13-14H,9-12H2,1-2H3,(H,23,24). The number of rotatable bonds is 3. The molecule has 0 saturated carbocycles. The molecule has 1 saturated heterocycles. The van der Waals surface area contributed by atoms with Crippen molar-refractivity contribution in [2.24, 2.45) is 0 Å². The molecule has 0 aliphatic carbocycles. The van der Waals surface area contributed by atoms with Crippen LogP contribution in [0.25, 0.3) is 10.9 Å². The van der Waals surface area contributed by atoms with Crippen LogP contribution in [0.4, 0.5) is 11.4 Å². The van der Waals surface area contributed by atoms with Crippen molar-refractivity contribution in [1.29, 1.82) is 0 Å². The number of nitrogens with one attached hydrogen (secondary N) is 1. The summed E-state index contributed by atoms with van der Waals surface area (Å²) in [5.41, 5.74) is 5.77. The molecule has 0 unspecified atom stereocenters. The Morgan fingerprint density at radius 3 is 2.59 bits per heavy atom. The van der Waals surface area contributed by atoms with Gasteiger partial charge in [-0.2, -0.15) is 11.8 Å². The summed E-state index contributed by atoms with van der Waals surface area (Å²) in [5.74, 6) is 2.00. The number of pyridine rings is 1. The Morgan fingerprint density at radius 2 is 1.81 bits per heavy atom. The molecule has 0 atom stereocenters. The molecule has 4 nitrogen and oxygen atoms in total. The number of amides is 1. The molecule has 138 valence electrons. The Kier molecular flexibility index (Phi) is 5.03. The number of aromatic nitrogens is 1. The lowest BCUT2D eigenvalue weighted by atomic mass is 10.1. The van der Waals surface area contributed by atoms with E-state index in [1.165, 1.54) is 11.1 Å². The van der Waals surface area contributed by atoms with E-state index in [1.807, 2.05) is 47.0 Å². The van der Waals surface area contributed by atoms with Crippen LogP contribution < -0.4 is 5.32 Å². The molecule has 0 spiro atoms. The Bertz CT molecular complexity index is 996. The molecule has 27 heavy (non-hydrogen) atoms. The second-order valence-corrected chi connectivity index (χ2v) is 8.13. The van der Waals surface area contributed by atoms with Gasteiger partial charge in [0.25, 0.3) is 5.91 Å². The number of fused-ring (bicyclic) bond motifs is 1. The summed E-state index contributed by atoms with van der Waals surface area (Å²) < 4.78 is 0. The van der Waals surface area contributed by atoms with Crippen LogP contribution in [0.1, 0.15) is 21.6 Å². The third-order valence-corrected chi connectivity index (χ3v) is 5.96. The third-order valence-electron chi connectivity index (χ3n) is 5.02. The smallest absolute Gasteiger partial charge is 0.272 e. The molecule has 1 aliphatic rings. The highest BCUT2D eigenvalue weighted by Gasteiger charge is 2.21. The van der Waals surface area contributed by atoms with Gasteiger partial charge in [0, 0.05) is 35.7 Å². The molecule has 1 aliphatic heterocycles. The van der Waals surface area contributed by atoms with Crippen LogP contribution in [0.15, 0.2) is 48.5 Å². The lowest BCUT2D eigenvalue weighted by Crippen LogP contribution is -2.38. The van der Waals surface area contributed by atoms with E-state index in [9.17, 15) is 4.79 Å². The van der Waals surface area contributed by atoms with Crippen molar-refractivity contribution in [3.05, 3.63) is 65.4 Å². The predicted octanol–water partition coefficient (Wildman–Crippen LogP) is 4.78. The number of aryl methyl sites for hydroxylation is 2. The number of hydrogen-bond acceptors (Lipinski definition) is 4. The van der Waals surface area contributed by atoms with Crippen molar-refractivity contribution < 1.29 is 4.79 Å². The second kappa shape index (κ2) is 7.61. The monoisotopic (exact) mass is 377 g/mol. The zero-order chi connectivity index (χ0) is 18.8. The summed E-state index contributed by atoms with van der Waals surface area (Å²) in [6.45, 7) is 5.79. The number of para-hydroxylation sites is 1. The molecule has 1 N–H and O–H groups in total. The third kappa shape index (κ3) is 3.78. The second-order valence-electron chi connectivity index (χ2n) is 6.90. The van der Waals surface area contributed by atoms with Gasteiger partial charge in [0.2, 0.25) is 0 Å². The molecule has 1 fully saturated rings. The molecular weight excluding hydrogens is 354 g/mol. The summed E-state index contributed by atoms with van der Waals surface area (Å²) in [5, 5.41) is 4.51. The Morgan fingerprint density at radius 1 is 1.04 bits per heavy atom. The van der Waals surface area contributed by atoms with Crippen molar-refractivity contribution >= 4 is 39.9 Å². The van der Waals surface area contributed by atoms with Gasteiger partial charge < -0.3 is 10.2 Å². The lowest BCUT2D eigenvalue weighted by Gasteiger charge is -2.26. The van der Waals surface area contributed by atoms with Gasteiger partial charge in [0.05, 0.1) is 11.2 Å². The van der Waals surface area contributed by atoms with E-state index in [4.69, 9.17) is 0 Å². The number of hydrogen-bond donors (Lipinski definition) is 1. The summed E-state index contributed by atoms with van der Waals surface area (Å²) >= 11 is 1.89. The number of carbonyl (C=O) groups is 1. The summed E-state index contributed by atoms with van der Waals surface area (Å²) in [4.78, 5) is 19.5. The largest absolute Gasteiger partial charge is 0.355 e. The SMILES string of the molecule is Cc1ccc(Nc2cc(C(=O)N3CCSCC3)nc3ccccc23)cc1C. The number of carbonyl (C=O) groups excluding carboxylic acids is 1. The van der Waals surface area contributed by atoms with Crippen LogP contribution in [0.3, 0.4) is 0 Å². The molecule has 3 aromatic rings. The summed E-state index contributed by atoms with van der Waals surface area (Å²) in [6, 6.07) is 16.2. The van der Waals surface area contributed by atoms with Crippen molar-refractivity contribution in [3.63, 3.8) is 0 Å². The maximum absolute atomic E-state index is 13.0. The van der Waals surface area contributed by atoms with Gasteiger partial charge in [-0.1, -0.05) is 24.3 Å². The first kappa shape index (κ1) is 17.9. The first-order valence-corrected chi connectivity index (χ1v) is 10.4. The number of anilines is 2. The van der Waals surface area contributed by atoms with E-state index in [0.29, 0.717) is 5.69 Å². The molecule has 1 amide bonds. The van der Waals surface area contributed by atoms with Gasteiger partial charge in [0.1, 0.15) is 5.69 Å². The van der Waals surface area contributed by atoms with E-state index in [-0.39, 0.29) is 5.91 Å². The fourth-order valence-electron chi connectivity index (χ4n) is 3.29. The van der Waals surface area contributed by atoms with Crippen molar-refractivity contribution in [1.82, 2.24) is 9.88 Å². The topological polar surface area (TPSA) is 45.2 Å². The minimum atomic E-state index is 0.0178. The van der Waals surface area contributed by atoms with E-state index in [0.717, 1.165) is 46.9 Å². The molecule has 1 aromatic heterocycles. The van der Waals surface area contributed by atoms with Crippen molar-refractivity contribution in [2.75, 3.05) is 29.9 Å². The number of nitrogens with zero attached hydrogens (tertiary/aromatic N) is 2. The van der Waals surface area contributed by atoms with Gasteiger partial charge in [-0.15, -0.1) is 0 Å². The minimum absolute atomic E-state index is 0.0178. The first-order valence-electron chi connectivity index (χ1n) is 9.23. The van der Waals surface area contributed by atoms with Gasteiger partial charge in [-0.3, -0.25) is 4.79 Å². The van der Waals surface area contributed by atoms with Gasteiger partial charge in [-0.25, -0.2) is 4.98 Å². The Balaban J connectivity index is 1.74. The van der Waals surface area contributed by atoms with E-state index >= 15 is 0 Å². The molecule has 0 bridgehead atoms. The average molecular weight is 378 g/mol. The maximum atomic E-state index is 13.0.